The van der Waals surface area contributed by atoms with Crippen LogP contribution in [0.15, 0.2) is 11.6 Å². The molecule has 1 aliphatic heterocycles. The van der Waals surface area contributed by atoms with Crippen LogP contribution < -0.4 is 0 Å². The van der Waals surface area contributed by atoms with Gasteiger partial charge in [0, 0.05) is 11.6 Å². The zero-order valence-electron chi connectivity index (χ0n) is 9.09. The number of rotatable bonds is 3. The van der Waals surface area contributed by atoms with Crippen LogP contribution in [0.3, 0.4) is 0 Å². The van der Waals surface area contributed by atoms with Gasteiger partial charge in [-0.3, -0.25) is 4.90 Å². The van der Waals surface area contributed by atoms with Crippen LogP contribution in [-0.2, 0) is 6.54 Å². The van der Waals surface area contributed by atoms with Crippen molar-refractivity contribution in [3.05, 3.63) is 16.6 Å². The molecule has 0 spiro atoms. The standard InChI is InChI=1S/C11H18N2OS/c1-9(14)10-2-5-13(6-3-10)8-11-12-4-7-15-11/h4,7,9-10,14H,2-3,5-6,8H2,1H3. The highest BCUT2D eigenvalue weighted by Crippen LogP contribution is 2.22. The third-order valence-corrected chi connectivity index (χ3v) is 3.92. The van der Waals surface area contributed by atoms with E-state index in [-0.39, 0.29) is 6.10 Å². The Morgan fingerprint density at radius 3 is 2.87 bits per heavy atom. The van der Waals surface area contributed by atoms with Crippen LogP contribution in [0, 0.1) is 5.92 Å². The Balaban J connectivity index is 1.79. The Bertz CT molecular complexity index is 279. The van der Waals surface area contributed by atoms with Gasteiger partial charge in [0.15, 0.2) is 0 Å². The molecular formula is C11H18N2OS. The van der Waals surface area contributed by atoms with Gasteiger partial charge in [-0.1, -0.05) is 0 Å². The number of aliphatic hydroxyl groups excluding tert-OH is 1. The maximum Gasteiger partial charge on any atom is 0.107 e. The van der Waals surface area contributed by atoms with Crippen molar-refractivity contribution in [2.75, 3.05) is 13.1 Å². The number of aromatic nitrogens is 1. The molecule has 1 aromatic heterocycles. The lowest BCUT2D eigenvalue weighted by atomic mass is 9.92. The van der Waals surface area contributed by atoms with E-state index in [9.17, 15) is 5.11 Å². The Labute approximate surface area is 94.8 Å². The first-order valence-corrected chi connectivity index (χ1v) is 6.42. The van der Waals surface area contributed by atoms with Gasteiger partial charge in [-0.15, -0.1) is 11.3 Å². The largest absolute Gasteiger partial charge is 0.393 e. The SMILES string of the molecule is CC(O)C1CCN(Cc2nccs2)CC1. The number of nitrogens with zero attached hydrogens (tertiary/aromatic N) is 2. The van der Waals surface area contributed by atoms with Crippen LogP contribution in [-0.4, -0.2) is 34.2 Å². The van der Waals surface area contributed by atoms with Crippen LogP contribution in [0.2, 0.25) is 0 Å². The third-order valence-electron chi connectivity index (χ3n) is 3.16. The van der Waals surface area contributed by atoms with E-state index in [0.29, 0.717) is 5.92 Å². The van der Waals surface area contributed by atoms with Gasteiger partial charge in [0.2, 0.25) is 0 Å². The molecule has 0 aliphatic carbocycles. The molecule has 1 atom stereocenters. The minimum atomic E-state index is -0.146. The highest BCUT2D eigenvalue weighted by molar-refractivity contribution is 7.09. The van der Waals surface area contributed by atoms with E-state index in [1.165, 1.54) is 5.01 Å². The fourth-order valence-electron chi connectivity index (χ4n) is 2.12. The zero-order valence-corrected chi connectivity index (χ0v) is 9.91. The zero-order chi connectivity index (χ0) is 10.7. The van der Waals surface area contributed by atoms with Crippen molar-refractivity contribution in [2.45, 2.75) is 32.4 Å². The molecule has 2 rings (SSSR count). The molecule has 4 heteroatoms. The summed E-state index contributed by atoms with van der Waals surface area (Å²) in [5.41, 5.74) is 0. The van der Waals surface area contributed by atoms with Gasteiger partial charge in [-0.25, -0.2) is 4.98 Å². The van der Waals surface area contributed by atoms with Crippen LogP contribution >= 0.6 is 11.3 Å². The minimum absolute atomic E-state index is 0.146. The highest BCUT2D eigenvalue weighted by Gasteiger charge is 2.22. The first-order valence-electron chi connectivity index (χ1n) is 5.54. The fourth-order valence-corrected chi connectivity index (χ4v) is 2.77. The molecule has 0 saturated carbocycles. The van der Waals surface area contributed by atoms with Crippen molar-refractivity contribution in [1.82, 2.24) is 9.88 Å². The summed E-state index contributed by atoms with van der Waals surface area (Å²) in [6.45, 7) is 5.07. The lowest BCUT2D eigenvalue weighted by Crippen LogP contribution is -2.36. The molecule has 2 heterocycles. The van der Waals surface area contributed by atoms with Crippen molar-refractivity contribution in [1.29, 1.82) is 0 Å². The summed E-state index contributed by atoms with van der Waals surface area (Å²) in [5.74, 6) is 0.498. The molecule has 1 unspecified atom stereocenters. The van der Waals surface area contributed by atoms with Gasteiger partial charge < -0.3 is 5.11 Å². The number of hydrogen-bond donors (Lipinski definition) is 1. The molecule has 0 amide bonds. The van der Waals surface area contributed by atoms with Crippen LogP contribution in [0.1, 0.15) is 24.8 Å². The van der Waals surface area contributed by atoms with E-state index in [4.69, 9.17) is 0 Å². The Kier molecular flexibility index (Phi) is 3.72. The van der Waals surface area contributed by atoms with E-state index >= 15 is 0 Å². The van der Waals surface area contributed by atoms with Gasteiger partial charge >= 0.3 is 0 Å². The summed E-state index contributed by atoms with van der Waals surface area (Å²) < 4.78 is 0. The summed E-state index contributed by atoms with van der Waals surface area (Å²) in [7, 11) is 0. The summed E-state index contributed by atoms with van der Waals surface area (Å²) in [4.78, 5) is 6.72. The van der Waals surface area contributed by atoms with Crippen molar-refractivity contribution >= 4 is 11.3 Å². The van der Waals surface area contributed by atoms with Crippen LogP contribution in [0.25, 0.3) is 0 Å². The number of piperidine rings is 1. The van der Waals surface area contributed by atoms with E-state index in [1.807, 2.05) is 18.5 Å². The Hall–Kier alpha value is -0.450. The summed E-state index contributed by atoms with van der Waals surface area (Å²) in [6, 6.07) is 0. The number of hydrogen-bond acceptors (Lipinski definition) is 4. The summed E-state index contributed by atoms with van der Waals surface area (Å²) in [6.07, 6.45) is 3.95. The molecule has 84 valence electrons. The van der Waals surface area contributed by atoms with Gasteiger partial charge in [0.05, 0.1) is 12.6 Å². The second kappa shape index (κ2) is 5.05. The Morgan fingerprint density at radius 2 is 2.33 bits per heavy atom. The second-order valence-electron chi connectivity index (χ2n) is 4.28. The minimum Gasteiger partial charge on any atom is -0.393 e. The molecule has 0 bridgehead atoms. The number of thiazole rings is 1. The van der Waals surface area contributed by atoms with Crippen molar-refractivity contribution in [3.63, 3.8) is 0 Å². The first-order chi connectivity index (χ1) is 7.25. The van der Waals surface area contributed by atoms with Crippen molar-refractivity contribution in [2.24, 2.45) is 5.92 Å². The molecule has 0 aromatic carbocycles. The Morgan fingerprint density at radius 1 is 1.60 bits per heavy atom. The van der Waals surface area contributed by atoms with Gasteiger partial charge in [-0.05, 0) is 38.8 Å². The molecule has 1 aliphatic rings. The molecule has 1 N–H and O–H groups in total. The summed E-state index contributed by atoms with van der Waals surface area (Å²) in [5, 5.41) is 12.7. The molecule has 3 nitrogen and oxygen atoms in total. The number of aliphatic hydroxyl groups is 1. The van der Waals surface area contributed by atoms with Gasteiger partial charge in [0.1, 0.15) is 5.01 Å². The predicted octanol–water partition coefficient (Wildman–Crippen LogP) is 1.74. The quantitative estimate of drug-likeness (QED) is 0.853. The average Bonchev–Trinajstić information content (AvgIpc) is 2.71. The van der Waals surface area contributed by atoms with E-state index in [0.717, 1.165) is 32.5 Å². The second-order valence-corrected chi connectivity index (χ2v) is 5.26. The topological polar surface area (TPSA) is 36.4 Å². The normalized spacial score (nSPS) is 21.7. The molecular weight excluding hydrogens is 208 g/mol. The lowest BCUT2D eigenvalue weighted by Gasteiger charge is -2.32. The van der Waals surface area contributed by atoms with Gasteiger partial charge in [0.25, 0.3) is 0 Å². The predicted molar refractivity (Wildman–Crippen MR) is 61.8 cm³/mol. The maximum atomic E-state index is 9.49. The number of likely N-dealkylation sites (tertiary alicyclic amines) is 1. The highest BCUT2D eigenvalue weighted by atomic mass is 32.1. The third kappa shape index (κ3) is 3.00. The molecule has 15 heavy (non-hydrogen) atoms. The lowest BCUT2D eigenvalue weighted by molar-refractivity contribution is 0.0695. The summed E-state index contributed by atoms with van der Waals surface area (Å²) >= 11 is 1.72. The first kappa shape index (κ1) is 11.0. The fraction of sp³-hybridized carbons (Fsp3) is 0.727. The van der Waals surface area contributed by atoms with Crippen LogP contribution in [0.4, 0.5) is 0 Å². The van der Waals surface area contributed by atoms with Crippen molar-refractivity contribution in [3.8, 4) is 0 Å². The molecule has 1 aromatic rings. The van der Waals surface area contributed by atoms with Gasteiger partial charge in [-0.2, -0.15) is 0 Å². The molecule has 1 saturated heterocycles. The molecule has 0 radical (unpaired) electrons. The van der Waals surface area contributed by atoms with E-state index in [2.05, 4.69) is 9.88 Å². The maximum absolute atomic E-state index is 9.49. The van der Waals surface area contributed by atoms with E-state index in [1.54, 1.807) is 11.3 Å². The average molecular weight is 226 g/mol. The van der Waals surface area contributed by atoms with Crippen LogP contribution in [0.5, 0.6) is 0 Å². The molecule has 1 fully saturated rings. The monoisotopic (exact) mass is 226 g/mol. The smallest absolute Gasteiger partial charge is 0.107 e. The van der Waals surface area contributed by atoms with E-state index < -0.39 is 0 Å². The van der Waals surface area contributed by atoms with Crippen molar-refractivity contribution < 1.29 is 5.11 Å².